The highest BCUT2D eigenvalue weighted by Gasteiger charge is 2.36. The van der Waals surface area contributed by atoms with E-state index in [-0.39, 0.29) is 5.57 Å². The molecule has 3 rings (SSSR count). The molecule has 0 radical (unpaired) electrons. The summed E-state index contributed by atoms with van der Waals surface area (Å²) in [7, 11) is 1.49. The van der Waals surface area contributed by atoms with E-state index in [0.717, 1.165) is 16.9 Å². The number of halogens is 1. The van der Waals surface area contributed by atoms with E-state index >= 15 is 0 Å². The summed E-state index contributed by atoms with van der Waals surface area (Å²) in [6, 6.07) is 11.1. The van der Waals surface area contributed by atoms with Gasteiger partial charge >= 0.3 is 6.03 Å². The summed E-state index contributed by atoms with van der Waals surface area (Å²) in [6.07, 6.45) is 2.23. The number of carbonyl (C=O) groups excluding carboxylic acids is 3. The van der Waals surface area contributed by atoms with Crippen molar-refractivity contribution in [1.29, 1.82) is 0 Å². The SMILES string of the molecule is CCc1ccc(N2C(=O)NC(=O)/C(=C\c3ccc(OC)c(Cl)c3)C2=O)cc1. The lowest BCUT2D eigenvalue weighted by Gasteiger charge is -2.26. The molecule has 7 heteroatoms. The first kappa shape index (κ1) is 18.7. The third kappa shape index (κ3) is 3.71. The van der Waals surface area contributed by atoms with Crippen LogP contribution in [0.1, 0.15) is 18.1 Å². The number of hydrogen-bond acceptors (Lipinski definition) is 4. The predicted octanol–water partition coefficient (Wildman–Crippen LogP) is 3.58. The Bertz CT molecular complexity index is 951. The van der Waals surface area contributed by atoms with Gasteiger partial charge in [0.25, 0.3) is 11.8 Å². The molecule has 0 spiro atoms. The second-order valence-electron chi connectivity index (χ2n) is 5.87. The Labute approximate surface area is 161 Å². The summed E-state index contributed by atoms with van der Waals surface area (Å²) >= 11 is 6.09. The van der Waals surface area contributed by atoms with Crippen molar-refractivity contribution in [3.05, 3.63) is 64.2 Å². The van der Waals surface area contributed by atoms with Crippen LogP contribution in [0, 0.1) is 0 Å². The highest BCUT2D eigenvalue weighted by Crippen LogP contribution is 2.27. The van der Waals surface area contributed by atoms with E-state index in [1.807, 2.05) is 19.1 Å². The van der Waals surface area contributed by atoms with E-state index in [9.17, 15) is 14.4 Å². The van der Waals surface area contributed by atoms with Crippen molar-refractivity contribution in [1.82, 2.24) is 5.32 Å². The van der Waals surface area contributed by atoms with Gasteiger partial charge in [0.2, 0.25) is 0 Å². The number of barbiturate groups is 1. The number of imide groups is 2. The van der Waals surface area contributed by atoms with Crippen LogP contribution in [0.2, 0.25) is 5.02 Å². The number of amides is 4. The topological polar surface area (TPSA) is 75.7 Å². The number of aryl methyl sites for hydroxylation is 1. The summed E-state index contributed by atoms with van der Waals surface area (Å²) in [4.78, 5) is 38.2. The standard InChI is InChI=1S/C20H17ClN2O4/c1-3-12-4-7-14(8-5-12)23-19(25)15(18(24)22-20(23)26)10-13-6-9-17(27-2)16(21)11-13/h4-11H,3H2,1-2H3,(H,22,24,26)/b15-10+. The van der Waals surface area contributed by atoms with Crippen LogP contribution in [-0.2, 0) is 16.0 Å². The van der Waals surface area contributed by atoms with Gasteiger partial charge in [-0.2, -0.15) is 0 Å². The monoisotopic (exact) mass is 384 g/mol. The van der Waals surface area contributed by atoms with Gasteiger partial charge in [-0.25, -0.2) is 9.69 Å². The normalized spacial score (nSPS) is 15.9. The Morgan fingerprint density at radius 1 is 1.11 bits per heavy atom. The Hall–Kier alpha value is -3.12. The Kier molecular flexibility index (Phi) is 5.28. The van der Waals surface area contributed by atoms with Gasteiger partial charge < -0.3 is 4.74 Å². The fraction of sp³-hybridized carbons (Fsp3) is 0.150. The molecule has 0 aromatic heterocycles. The molecular weight excluding hydrogens is 368 g/mol. The van der Waals surface area contributed by atoms with Gasteiger partial charge in [-0.3, -0.25) is 14.9 Å². The fourth-order valence-electron chi connectivity index (χ4n) is 2.71. The molecule has 1 aliphatic rings. The largest absolute Gasteiger partial charge is 0.495 e. The number of carbonyl (C=O) groups is 3. The van der Waals surface area contributed by atoms with Crippen molar-refractivity contribution < 1.29 is 19.1 Å². The van der Waals surface area contributed by atoms with Crippen LogP contribution in [0.4, 0.5) is 10.5 Å². The highest BCUT2D eigenvalue weighted by molar-refractivity contribution is 6.39. The lowest BCUT2D eigenvalue weighted by Crippen LogP contribution is -2.54. The van der Waals surface area contributed by atoms with E-state index in [2.05, 4.69) is 5.32 Å². The lowest BCUT2D eigenvalue weighted by molar-refractivity contribution is -0.122. The minimum Gasteiger partial charge on any atom is -0.495 e. The third-order valence-electron chi connectivity index (χ3n) is 4.19. The lowest BCUT2D eigenvalue weighted by atomic mass is 10.1. The van der Waals surface area contributed by atoms with Crippen LogP contribution in [-0.4, -0.2) is 25.0 Å². The van der Waals surface area contributed by atoms with Gasteiger partial charge in [0.15, 0.2) is 0 Å². The number of benzene rings is 2. The average Bonchev–Trinajstić information content (AvgIpc) is 2.65. The molecule has 1 aliphatic heterocycles. The average molecular weight is 385 g/mol. The summed E-state index contributed by atoms with van der Waals surface area (Å²) in [5.74, 6) is -0.968. The number of urea groups is 1. The number of nitrogens with one attached hydrogen (secondary N) is 1. The molecule has 0 bridgehead atoms. The maximum atomic E-state index is 12.8. The first-order valence-corrected chi connectivity index (χ1v) is 8.66. The van der Waals surface area contributed by atoms with Gasteiger partial charge in [-0.1, -0.05) is 36.7 Å². The number of nitrogens with zero attached hydrogens (tertiary/aromatic N) is 1. The smallest absolute Gasteiger partial charge is 0.335 e. The van der Waals surface area contributed by atoms with Crippen LogP contribution in [0.25, 0.3) is 6.08 Å². The van der Waals surface area contributed by atoms with Crippen LogP contribution in [0.5, 0.6) is 5.75 Å². The van der Waals surface area contributed by atoms with E-state index in [4.69, 9.17) is 16.3 Å². The molecule has 1 fully saturated rings. The molecule has 0 atom stereocenters. The number of ether oxygens (including phenoxy) is 1. The van der Waals surface area contributed by atoms with Gasteiger partial charge in [0, 0.05) is 0 Å². The van der Waals surface area contributed by atoms with Crippen molar-refractivity contribution >= 4 is 41.2 Å². The number of methoxy groups -OCH3 is 1. The summed E-state index contributed by atoms with van der Waals surface area (Å²) in [6.45, 7) is 2.01. The molecule has 138 valence electrons. The Morgan fingerprint density at radius 2 is 1.81 bits per heavy atom. The quantitative estimate of drug-likeness (QED) is 0.645. The molecule has 4 amide bonds. The maximum Gasteiger partial charge on any atom is 0.335 e. The second-order valence-corrected chi connectivity index (χ2v) is 6.28. The third-order valence-corrected chi connectivity index (χ3v) is 4.49. The fourth-order valence-corrected chi connectivity index (χ4v) is 2.98. The molecule has 6 nitrogen and oxygen atoms in total. The van der Waals surface area contributed by atoms with E-state index < -0.39 is 17.8 Å². The van der Waals surface area contributed by atoms with Crippen LogP contribution < -0.4 is 15.0 Å². The van der Waals surface area contributed by atoms with Crippen LogP contribution in [0.15, 0.2) is 48.0 Å². The number of hydrogen-bond donors (Lipinski definition) is 1. The van der Waals surface area contributed by atoms with E-state index in [1.165, 1.54) is 13.2 Å². The van der Waals surface area contributed by atoms with Crippen molar-refractivity contribution in [2.45, 2.75) is 13.3 Å². The second kappa shape index (κ2) is 7.63. The maximum absolute atomic E-state index is 12.8. The Balaban J connectivity index is 1.97. The van der Waals surface area contributed by atoms with Crippen LogP contribution >= 0.6 is 11.6 Å². The first-order chi connectivity index (χ1) is 12.9. The minimum absolute atomic E-state index is 0.157. The molecule has 1 heterocycles. The molecule has 27 heavy (non-hydrogen) atoms. The summed E-state index contributed by atoms with van der Waals surface area (Å²) in [5, 5.41) is 2.54. The summed E-state index contributed by atoms with van der Waals surface area (Å²) < 4.78 is 5.09. The molecule has 0 aliphatic carbocycles. The van der Waals surface area contributed by atoms with Crippen molar-refractivity contribution in [3.63, 3.8) is 0 Å². The molecule has 0 unspecified atom stereocenters. The Morgan fingerprint density at radius 3 is 2.41 bits per heavy atom. The van der Waals surface area contributed by atoms with E-state index in [0.29, 0.717) is 22.0 Å². The predicted molar refractivity (Wildman–Crippen MR) is 103 cm³/mol. The summed E-state index contributed by atoms with van der Waals surface area (Å²) in [5.41, 5.74) is 1.84. The zero-order valence-corrected chi connectivity index (χ0v) is 15.5. The minimum atomic E-state index is -0.779. The molecule has 0 saturated carbocycles. The molecule has 1 N–H and O–H groups in total. The highest BCUT2D eigenvalue weighted by atomic mass is 35.5. The van der Waals surface area contributed by atoms with Crippen LogP contribution in [0.3, 0.4) is 0 Å². The van der Waals surface area contributed by atoms with Crippen molar-refractivity contribution in [2.75, 3.05) is 12.0 Å². The van der Waals surface area contributed by atoms with Gasteiger partial charge in [0.05, 0.1) is 17.8 Å². The van der Waals surface area contributed by atoms with Gasteiger partial charge in [-0.05, 0) is 47.9 Å². The molecular formula is C20H17ClN2O4. The first-order valence-electron chi connectivity index (χ1n) is 8.28. The molecule has 1 saturated heterocycles. The zero-order chi connectivity index (χ0) is 19.6. The van der Waals surface area contributed by atoms with Crippen molar-refractivity contribution in [3.8, 4) is 5.75 Å². The van der Waals surface area contributed by atoms with Crippen molar-refractivity contribution in [2.24, 2.45) is 0 Å². The van der Waals surface area contributed by atoms with Gasteiger partial charge in [-0.15, -0.1) is 0 Å². The molecule has 2 aromatic rings. The number of rotatable bonds is 4. The number of anilines is 1. The van der Waals surface area contributed by atoms with Gasteiger partial charge in [0.1, 0.15) is 11.3 Å². The van der Waals surface area contributed by atoms with E-state index in [1.54, 1.807) is 30.3 Å². The molecule has 2 aromatic carbocycles. The zero-order valence-electron chi connectivity index (χ0n) is 14.8.